The second-order valence-corrected chi connectivity index (χ2v) is 4.50. The molecule has 1 spiro atoms. The molecular formula is C10H14O2. The lowest BCUT2D eigenvalue weighted by Gasteiger charge is -2.26. The van der Waals surface area contributed by atoms with Crippen molar-refractivity contribution in [3.63, 3.8) is 0 Å². The van der Waals surface area contributed by atoms with Crippen molar-refractivity contribution in [2.45, 2.75) is 44.8 Å². The van der Waals surface area contributed by atoms with E-state index in [0.29, 0.717) is 23.9 Å². The summed E-state index contributed by atoms with van der Waals surface area (Å²) < 4.78 is 5.77. The number of hydrogen-bond donors (Lipinski definition) is 0. The van der Waals surface area contributed by atoms with E-state index in [4.69, 9.17) is 4.74 Å². The smallest absolute Gasteiger partial charge is 0.142 e. The van der Waals surface area contributed by atoms with Crippen LogP contribution in [-0.4, -0.2) is 18.0 Å². The molecule has 2 aliphatic carbocycles. The minimum atomic E-state index is 0.0255. The van der Waals surface area contributed by atoms with Gasteiger partial charge in [-0.15, -0.1) is 0 Å². The molecule has 4 unspecified atom stereocenters. The first-order valence-corrected chi connectivity index (χ1v) is 4.94. The van der Waals surface area contributed by atoms with Gasteiger partial charge in [0.2, 0.25) is 0 Å². The van der Waals surface area contributed by atoms with Crippen LogP contribution in [0.1, 0.15) is 32.6 Å². The van der Waals surface area contributed by atoms with Crippen molar-refractivity contribution in [2.75, 3.05) is 0 Å². The Labute approximate surface area is 72.3 Å². The fraction of sp³-hybridized carbons (Fsp3) is 0.900. The highest BCUT2D eigenvalue weighted by Gasteiger charge is 2.71. The highest BCUT2D eigenvalue weighted by Crippen LogP contribution is 2.66. The van der Waals surface area contributed by atoms with Gasteiger partial charge in [0.05, 0.1) is 17.6 Å². The van der Waals surface area contributed by atoms with Crippen molar-refractivity contribution in [3.05, 3.63) is 0 Å². The topological polar surface area (TPSA) is 26.3 Å². The standard InChI is InChI=1S/C10H14O2/c1-6-7-5-10(7)8(11)3-2-4-9(10)12-6/h6-7,9H,2-5H2,1H3. The Balaban J connectivity index is 1.97. The highest BCUT2D eigenvalue weighted by atomic mass is 16.5. The maximum Gasteiger partial charge on any atom is 0.142 e. The summed E-state index contributed by atoms with van der Waals surface area (Å²) in [6.07, 6.45) is 4.73. The molecule has 1 heterocycles. The Morgan fingerprint density at radius 1 is 1.58 bits per heavy atom. The predicted octanol–water partition coefficient (Wildman–Crippen LogP) is 1.53. The van der Waals surface area contributed by atoms with Crippen molar-refractivity contribution in [1.82, 2.24) is 0 Å². The third-order valence-corrected chi connectivity index (χ3v) is 3.97. The Hall–Kier alpha value is -0.370. The molecule has 4 atom stereocenters. The zero-order valence-electron chi connectivity index (χ0n) is 7.38. The van der Waals surface area contributed by atoms with Gasteiger partial charge in [0, 0.05) is 12.3 Å². The largest absolute Gasteiger partial charge is 0.374 e. The number of carbonyl (C=O) groups is 1. The third kappa shape index (κ3) is 0.598. The maximum atomic E-state index is 11.7. The predicted molar refractivity (Wildman–Crippen MR) is 43.7 cm³/mol. The molecule has 2 saturated carbocycles. The van der Waals surface area contributed by atoms with Crippen LogP contribution in [0.25, 0.3) is 0 Å². The van der Waals surface area contributed by atoms with Crippen LogP contribution in [-0.2, 0) is 9.53 Å². The average molecular weight is 166 g/mol. The highest BCUT2D eigenvalue weighted by molar-refractivity contribution is 5.90. The number of ketones is 1. The summed E-state index contributed by atoms with van der Waals surface area (Å²) in [5, 5.41) is 0. The number of Topliss-reactive ketones (excluding diaryl/α,β-unsaturated/α-hetero) is 1. The van der Waals surface area contributed by atoms with Crippen molar-refractivity contribution < 1.29 is 9.53 Å². The van der Waals surface area contributed by atoms with Crippen molar-refractivity contribution >= 4 is 5.78 Å². The summed E-state index contributed by atoms with van der Waals surface area (Å²) >= 11 is 0. The SMILES string of the molecule is CC1OC2CCCC(=O)C23CC13. The van der Waals surface area contributed by atoms with Gasteiger partial charge in [0.15, 0.2) is 0 Å². The summed E-state index contributed by atoms with van der Waals surface area (Å²) in [4.78, 5) is 11.7. The first-order valence-electron chi connectivity index (χ1n) is 4.94. The van der Waals surface area contributed by atoms with Crippen LogP contribution in [0.5, 0.6) is 0 Å². The first-order chi connectivity index (χ1) is 5.75. The van der Waals surface area contributed by atoms with E-state index in [9.17, 15) is 4.79 Å². The third-order valence-electron chi connectivity index (χ3n) is 3.97. The molecule has 0 aromatic heterocycles. The Kier molecular flexibility index (Phi) is 1.13. The lowest BCUT2D eigenvalue weighted by molar-refractivity contribution is -0.131. The number of hydrogen-bond acceptors (Lipinski definition) is 2. The molecule has 1 aliphatic heterocycles. The van der Waals surface area contributed by atoms with Crippen LogP contribution >= 0.6 is 0 Å². The first kappa shape index (κ1) is 7.07. The molecule has 2 nitrogen and oxygen atoms in total. The lowest BCUT2D eigenvalue weighted by Crippen LogP contribution is -2.33. The molecule has 0 amide bonds. The zero-order chi connectivity index (χ0) is 8.34. The van der Waals surface area contributed by atoms with Crippen molar-refractivity contribution in [3.8, 4) is 0 Å². The molecule has 0 aromatic rings. The van der Waals surface area contributed by atoms with Crippen molar-refractivity contribution in [2.24, 2.45) is 11.3 Å². The van der Waals surface area contributed by atoms with Gasteiger partial charge in [-0.05, 0) is 26.2 Å². The summed E-state index contributed by atoms with van der Waals surface area (Å²) in [7, 11) is 0. The molecule has 3 fully saturated rings. The summed E-state index contributed by atoms with van der Waals surface area (Å²) in [6, 6.07) is 0. The lowest BCUT2D eigenvalue weighted by atomic mass is 9.81. The van der Waals surface area contributed by atoms with Crippen LogP contribution in [0, 0.1) is 11.3 Å². The van der Waals surface area contributed by atoms with E-state index in [1.54, 1.807) is 0 Å². The van der Waals surface area contributed by atoms with Gasteiger partial charge in [0.25, 0.3) is 0 Å². The molecule has 2 heteroatoms. The van der Waals surface area contributed by atoms with Crippen LogP contribution < -0.4 is 0 Å². The monoisotopic (exact) mass is 166 g/mol. The fourth-order valence-corrected chi connectivity index (χ4v) is 3.24. The van der Waals surface area contributed by atoms with Gasteiger partial charge in [-0.3, -0.25) is 4.79 Å². The van der Waals surface area contributed by atoms with Gasteiger partial charge in [-0.25, -0.2) is 0 Å². The number of carbonyl (C=O) groups excluding carboxylic acids is 1. The van der Waals surface area contributed by atoms with Crippen LogP contribution in [0.4, 0.5) is 0 Å². The van der Waals surface area contributed by atoms with Crippen LogP contribution in [0.15, 0.2) is 0 Å². The van der Waals surface area contributed by atoms with Gasteiger partial charge in [-0.1, -0.05) is 0 Å². The molecule has 66 valence electrons. The summed E-state index contributed by atoms with van der Waals surface area (Å²) in [5.74, 6) is 1.07. The van der Waals surface area contributed by atoms with Crippen LogP contribution in [0.3, 0.4) is 0 Å². The van der Waals surface area contributed by atoms with E-state index in [-0.39, 0.29) is 5.41 Å². The van der Waals surface area contributed by atoms with E-state index in [1.165, 1.54) is 0 Å². The zero-order valence-corrected chi connectivity index (χ0v) is 7.38. The Morgan fingerprint density at radius 2 is 2.42 bits per heavy atom. The Bertz CT molecular complexity index is 248. The summed E-state index contributed by atoms with van der Waals surface area (Å²) in [6.45, 7) is 2.12. The van der Waals surface area contributed by atoms with E-state index in [2.05, 4.69) is 6.92 Å². The van der Waals surface area contributed by atoms with Crippen molar-refractivity contribution in [1.29, 1.82) is 0 Å². The molecular weight excluding hydrogens is 152 g/mol. The molecule has 0 aromatic carbocycles. The minimum absolute atomic E-state index is 0.0255. The second-order valence-electron chi connectivity index (χ2n) is 4.50. The fourth-order valence-electron chi connectivity index (χ4n) is 3.24. The van der Waals surface area contributed by atoms with Gasteiger partial charge in [-0.2, -0.15) is 0 Å². The maximum absolute atomic E-state index is 11.7. The Morgan fingerprint density at radius 3 is 3.08 bits per heavy atom. The van der Waals surface area contributed by atoms with E-state index in [1.807, 2.05) is 0 Å². The van der Waals surface area contributed by atoms with E-state index >= 15 is 0 Å². The van der Waals surface area contributed by atoms with Crippen LogP contribution in [0.2, 0.25) is 0 Å². The molecule has 3 rings (SSSR count). The van der Waals surface area contributed by atoms with Gasteiger partial charge < -0.3 is 4.74 Å². The number of rotatable bonds is 0. The molecule has 0 bridgehead atoms. The average Bonchev–Trinajstić information content (AvgIpc) is 2.70. The molecule has 12 heavy (non-hydrogen) atoms. The normalized spacial score (nSPS) is 56.4. The molecule has 0 N–H and O–H groups in total. The van der Waals surface area contributed by atoms with E-state index < -0.39 is 0 Å². The summed E-state index contributed by atoms with van der Waals surface area (Å²) in [5.41, 5.74) is 0.0255. The molecule has 1 saturated heterocycles. The van der Waals surface area contributed by atoms with E-state index in [0.717, 1.165) is 25.7 Å². The van der Waals surface area contributed by atoms with Gasteiger partial charge in [0.1, 0.15) is 5.78 Å². The number of ether oxygens (including phenoxy) is 1. The quantitative estimate of drug-likeness (QED) is 0.545. The molecule has 3 aliphatic rings. The molecule has 0 radical (unpaired) electrons. The second kappa shape index (κ2) is 1.92. The minimum Gasteiger partial charge on any atom is -0.374 e. The van der Waals surface area contributed by atoms with Gasteiger partial charge >= 0.3 is 0 Å².